The number of likely N-dealkylation sites (tertiary alicyclic amines) is 1. The molecule has 8 rings (SSSR count). The van der Waals surface area contributed by atoms with Gasteiger partial charge in [0.15, 0.2) is 23.0 Å². The number of alkyl halides is 3. The van der Waals surface area contributed by atoms with Crippen LogP contribution in [0.4, 0.5) is 17.6 Å². The number of imide groups is 1. The Morgan fingerprint density at radius 3 is 2.33 bits per heavy atom. The Balaban J connectivity index is 0.850. The van der Waals surface area contributed by atoms with Crippen LogP contribution < -0.4 is 21.5 Å². The van der Waals surface area contributed by atoms with Crippen LogP contribution in [0.5, 0.6) is 0 Å². The number of amides is 5. The summed E-state index contributed by atoms with van der Waals surface area (Å²) < 4.78 is 71.1. The van der Waals surface area contributed by atoms with Gasteiger partial charge in [-0.1, -0.05) is 50.6 Å². The van der Waals surface area contributed by atoms with Crippen molar-refractivity contribution in [3.8, 4) is 11.4 Å². The third-order valence-electron chi connectivity index (χ3n) is 15.5. The van der Waals surface area contributed by atoms with Crippen molar-refractivity contribution >= 4 is 63.8 Å². The zero-order chi connectivity index (χ0) is 57.8. The van der Waals surface area contributed by atoms with Crippen molar-refractivity contribution in [3.63, 3.8) is 0 Å². The van der Waals surface area contributed by atoms with E-state index in [-0.39, 0.29) is 122 Å². The van der Waals surface area contributed by atoms with Gasteiger partial charge >= 0.3 is 12.1 Å². The van der Waals surface area contributed by atoms with Crippen LogP contribution in [0.2, 0.25) is 0 Å². The van der Waals surface area contributed by atoms with Crippen molar-refractivity contribution in [2.24, 2.45) is 5.92 Å². The number of ketones is 3. The van der Waals surface area contributed by atoms with Crippen molar-refractivity contribution in [1.82, 2.24) is 30.4 Å². The van der Waals surface area contributed by atoms with Crippen LogP contribution in [0.25, 0.3) is 22.3 Å². The van der Waals surface area contributed by atoms with Gasteiger partial charge in [0.2, 0.25) is 35.6 Å². The predicted octanol–water partition coefficient (Wildman–Crippen LogP) is 5.04. The Morgan fingerprint density at radius 1 is 0.900 bits per heavy atom. The minimum atomic E-state index is -5.25. The zero-order valence-electron chi connectivity index (χ0n) is 44.5. The van der Waals surface area contributed by atoms with Gasteiger partial charge in [-0.15, -0.1) is 0 Å². The number of fused-ring (bicyclic) bond motifs is 5. The third kappa shape index (κ3) is 12.6. The average Bonchev–Trinajstić information content (AvgIpc) is 4.13. The van der Waals surface area contributed by atoms with Gasteiger partial charge in [0.25, 0.3) is 5.56 Å². The van der Waals surface area contributed by atoms with Crippen LogP contribution in [0.1, 0.15) is 136 Å². The lowest BCUT2D eigenvalue weighted by Gasteiger charge is -2.31. The first-order valence-corrected chi connectivity index (χ1v) is 26.8. The van der Waals surface area contributed by atoms with Crippen LogP contribution in [0, 0.1) is 18.7 Å². The number of carbonyl (C=O) groups is 9. The molecule has 3 aliphatic heterocycles. The molecule has 1 unspecified atom stereocenters. The largest absolute Gasteiger partial charge is 0.458 e. The summed E-state index contributed by atoms with van der Waals surface area (Å²) in [5.41, 5.74) is 0.0908. The van der Waals surface area contributed by atoms with E-state index in [0.717, 1.165) is 0 Å². The van der Waals surface area contributed by atoms with Crippen LogP contribution in [-0.4, -0.2) is 111 Å². The molecule has 0 radical (unpaired) electrons. The molecule has 4 N–H and O–H groups in total. The molecule has 4 aromatic rings. The van der Waals surface area contributed by atoms with Crippen molar-refractivity contribution in [2.45, 2.75) is 154 Å². The number of Topliss-reactive ketones (excluding diaryl/α,β-unsaturated/α-hetero) is 3. The number of benzene rings is 2. The van der Waals surface area contributed by atoms with E-state index >= 15 is 4.39 Å². The van der Waals surface area contributed by atoms with Crippen LogP contribution in [-0.2, 0) is 84.2 Å². The number of nitrogens with zero attached hydrogens (tertiary/aromatic N) is 3. The number of pyridine rings is 2. The van der Waals surface area contributed by atoms with Gasteiger partial charge in [-0.05, 0) is 79.7 Å². The Kier molecular flexibility index (Phi) is 17.9. The first kappa shape index (κ1) is 58.6. The van der Waals surface area contributed by atoms with E-state index in [1.54, 1.807) is 44.2 Å². The standard InChI is InChI=1S/C57H62F4N6O13/c1-4-56(78)38-24-42-51-36(27-67(42)54(76)37(38)28-79-55(56)77)49-33(14-16-35-31(3)39(58)25-41(65-51)50(35)49)23-44(70)52(57(59,60)61)80-29-63-46(72)19-17-43(69)40(22-32-11-7-5-8-12-32)64-47(73)18-15-34(68)26-62-45(71)13-9-6-10-20-66-48(74)21-30(2)53(66)75/h5,7-8,11-12,24-25,30,33,40,52,78H,4,6,9-10,13-23,26-29H2,1-3H3,(H,62,71)(H,63,72)(H,64,73)/t30?,33-,40+,52+,56+/m1/s1. The lowest BCUT2D eigenvalue weighted by Crippen LogP contribution is -2.44. The maximum absolute atomic E-state index is 15.4. The number of ether oxygens (including phenoxy) is 2. The van der Waals surface area contributed by atoms with E-state index in [1.165, 1.54) is 28.5 Å². The first-order chi connectivity index (χ1) is 38.0. The predicted molar refractivity (Wildman–Crippen MR) is 276 cm³/mol. The molecule has 5 heterocycles. The topological polar surface area (TPSA) is 267 Å². The molecule has 2 aromatic carbocycles. The second kappa shape index (κ2) is 24.5. The van der Waals surface area contributed by atoms with Crippen molar-refractivity contribution in [1.29, 1.82) is 0 Å². The fourth-order valence-electron chi connectivity index (χ4n) is 11.1. The maximum Gasteiger partial charge on any atom is 0.421 e. The van der Waals surface area contributed by atoms with Crippen LogP contribution in [0.15, 0.2) is 47.3 Å². The number of halogens is 4. The highest BCUT2D eigenvalue weighted by atomic mass is 19.4. The number of carbonyl (C=O) groups excluding carboxylic acids is 9. The van der Waals surface area contributed by atoms with Crippen LogP contribution >= 0.6 is 0 Å². The quantitative estimate of drug-likeness (QED) is 0.0196. The van der Waals surface area contributed by atoms with Crippen molar-refractivity contribution in [2.75, 3.05) is 19.8 Å². The lowest BCUT2D eigenvalue weighted by molar-refractivity contribution is -0.219. The van der Waals surface area contributed by atoms with Gasteiger partial charge in [-0.25, -0.2) is 14.2 Å². The number of nitrogens with one attached hydrogen (secondary N) is 3. The molecule has 0 spiro atoms. The summed E-state index contributed by atoms with van der Waals surface area (Å²) in [5, 5.41) is 19.1. The summed E-state index contributed by atoms with van der Waals surface area (Å²) in [6.07, 6.45) is -8.55. The summed E-state index contributed by atoms with van der Waals surface area (Å²) in [5.74, 6) is -7.58. The maximum atomic E-state index is 15.4. The molecule has 0 bridgehead atoms. The Labute approximate surface area is 456 Å². The Hall–Kier alpha value is -7.53. The normalized spacial score (nSPS) is 18.9. The molecular formula is C57H62F4N6O13. The van der Waals surface area contributed by atoms with Gasteiger partial charge in [0, 0.05) is 80.0 Å². The Morgan fingerprint density at radius 2 is 1.62 bits per heavy atom. The molecule has 4 aliphatic rings. The zero-order valence-corrected chi connectivity index (χ0v) is 44.5. The number of aromatic nitrogens is 2. The minimum absolute atomic E-state index is 0.00436. The molecule has 5 amide bonds. The molecule has 5 atom stereocenters. The SMILES string of the molecule is CC[C@@]1(O)C(=O)OCc2c1cc1n(c2=O)Cc2c-1nc1cc(F)c(C)c3c1c2[C@@H](CC(=O)[C@H](OCNC(=O)CCC(=O)[C@H](Cc1ccccc1)NC(=O)CCC(=O)CNC(=O)CCCCCN1C(=O)CC(C)C1=O)C(F)(F)F)CC3. The smallest absolute Gasteiger partial charge is 0.421 e. The molecule has 1 saturated heterocycles. The summed E-state index contributed by atoms with van der Waals surface area (Å²) in [6, 6.07) is 10.0. The first-order valence-electron chi connectivity index (χ1n) is 26.8. The Bertz CT molecular complexity index is 3240. The van der Waals surface area contributed by atoms with Crippen molar-refractivity contribution in [3.05, 3.63) is 97.6 Å². The van der Waals surface area contributed by atoms with Gasteiger partial charge in [0.05, 0.1) is 41.6 Å². The fraction of sp³-hybridized carbons (Fsp3) is 0.491. The number of aliphatic hydroxyl groups is 1. The molecule has 1 fully saturated rings. The summed E-state index contributed by atoms with van der Waals surface area (Å²) in [6.45, 7) is 3.12. The summed E-state index contributed by atoms with van der Waals surface area (Å²) >= 11 is 0. The number of esters is 1. The molecule has 0 saturated carbocycles. The highest BCUT2D eigenvalue weighted by Gasteiger charge is 2.48. The highest BCUT2D eigenvalue weighted by molar-refractivity contribution is 6.03. The number of cyclic esters (lactones) is 1. The van der Waals surface area contributed by atoms with Gasteiger partial charge in [0.1, 0.15) is 19.2 Å². The number of aryl methyl sites for hydroxylation is 1. The van der Waals surface area contributed by atoms with E-state index in [4.69, 9.17) is 14.5 Å². The van der Waals surface area contributed by atoms with E-state index < -0.39 is 115 Å². The van der Waals surface area contributed by atoms with Crippen LogP contribution in [0.3, 0.4) is 0 Å². The molecule has 19 nitrogen and oxygen atoms in total. The monoisotopic (exact) mass is 1110 g/mol. The average molecular weight is 1120 g/mol. The van der Waals surface area contributed by atoms with Gasteiger partial charge in [-0.3, -0.25) is 48.1 Å². The second-order valence-corrected chi connectivity index (χ2v) is 20.9. The molecular weight excluding hydrogens is 1050 g/mol. The second-order valence-electron chi connectivity index (χ2n) is 20.9. The van der Waals surface area contributed by atoms with Crippen molar-refractivity contribution < 1.29 is 75.3 Å². The van der Waals surface area contributed by atoms with E-state index in [9.17, 15) is 66.2 Å². The van der Waals surface area contributed by atoms with Gasteiger partial charge in [-0.2, -0.15) is 13.2 Å². The lowest BCUT2D eigenvalue weighted by atomic mass is 9.76. The van der Waals surface area contributed by atoms with E-state index in [2.05, 4.69) is 16.0 Å². The van der Waals surface area contributed by atoms with E-state index in [0.29, 0.717) is 46.9 Å². The molecule has 1 aliphatic carbocycles. The van der Waals surface area contributed by atoms with E-state index in [1.807, 2.05) is 0 Å². The number of hydrogen-bond acceptors (Lipinski definition) is 14. The third-order valence-corrected chi connectivity index (χ3v) is 15.5. The summed E-state index contributed by atoms with van der Waals surface area (Å²) in [7, 11) is 0. The minimum Gasteiger partial charge on any atom is -0.458 e. The fourth-order valence-corrected chi connectivity index (χ4v) is 11.1. The number of hydrogen-bond donors (Lipinski definition) is 4. The molecule has 426 valence electrons. The number of rotatable bonds is 25. The molecule has 23 heteroatoms. The highest BCUT2D eigenvalue weighted by Crippen LogP contribution is 2.48. The molecule has 2 aromatic heterocycles. The summed E-state index contributed by atoms with van der Waals surface area (Å²) in [4.78, 5) is 135. The molecule has 80 heavy (non-hydrogen) atoms. The van der Waals surface area contributed by atoms with Gasteiger partial charge < -0.3 is 35.1 Å². The number of unbranched alkanes of at least 4 members (excludes halogenated alkanes) is 2.